The summed E-state index contributed by atoms with van der Waals surface area (Å²) in [6.07, 6.45) is 0. The van der Waals surface area contributed by atoms with Gasteiger partial charge in [-0.05, 0) is 47.2 Å². The number of fused-ring (bicyclic) bond motifs is 1. The first-order valence-corrected chi connectivity index (χ1v) is 11.0. The minimum Gasteiger partial charge on any atom is -0.378 e. The van der Waals surface area contributed by atoms with E-state index in [9.17, 15) is 9.59 Å². The number of benzene rings is 3. The van der Waals surface area contributed by atoms with E-state index in [4.69, 9.17) is 4.74 Å². The van der Waals surface area contributed by atoms with Crippen LogP contribution in [0.4, 0.5) is 11.4 Å². The largest absolute Gasteiger partial charge is 0.378 e. The molecule has 1 aliphatic rings. The van der Waals surface area contributed by atoms with Crippen LogP contribution in [0.2, 0.25) is 0 Å². The molecule has 0 radical (unpaired) electrons. The number of ether oxygens (including phenoxy) is 1. The molecule has 1 saturated heterocycles. The first-order chi connectivity index (χ1) is 16.2. The molecule has 3 aromatic carbocycles. The molecule has 4 aromatic rings. The maximum Gasteiger partial charge on any atom is 0.267 e. The van der Waals surface area contributed by atoms with Gasteiger partial charge in [-0.1, -0.05) is 36.4 Å². The molecule has 0 saturated carbocycles. The summed E-state index contributed by atoms with van der Waals surface area (Å²) in [5.41, 5.74) is 2.98. The highest BCUT2D eigenvalue weighted by molar-refractivity contribution is 5.90. The number of carbonyl (C=O) groups excluding carboxylic acids is 1. The van der Waals surface area contributed by atoms with Gasteiger partial charge in [0.15, 0.2) is 0 Å². The quantitative estimate of drug-likeness (QED) is 0.514. The van der Waals surface area contributed by atoms with Crippen molar-refractivity contribution in [1.82, 2.24) is 9.78 Å². The van der Waals surface area contributed by atoms with Crippen molar-refractivity contribution in [3.8, 4) is 11.3 Å². The van der Waals surface area contributed by atoms with E-state index in [1.165, 1.54) is 10.7 Å². The molecule has 7 heteroatoms. The third-order valence-corrected chi connectivity index (χ3v) is 5.73. The number of rotatable bonds is 5. The molecule has 1 aromatic heterocycles. The summed E-state index contributed by atoms with van der Waals surface area (Å²) in [6, 6.07) is 24.9. The van der Waals surface area contributed by atoms with Crippen LogP contribution < -0.4 is 15.8 Å². The smallest absolute Gasteiger partial charge is 0.267 e. The van der Waals surface area contributed by atoms with Crippen molar-refractivity contribution in [2.45, 2.75) is 6.54 Å². The number of hydrogen-bond acceptors (Lipinski definition) is 5. The SMILES string of the molecule is O=C(Cn1nc(-c2ccc3ccccc3c2)ccc1=O)Nc1ccc(N2CCOCC2)cc1. The van der Waals surface area contributed by atoms with Crippen LogP contribution in [0.1, 0.15) is 0 Å². The Balaban J connectivity index is 1.29. The molecule has 5 rings (SSSR count). The molecule has 166 valence electrons. The van der Waals surface area contributed by atoms with Crippen molar-refractivity contribution in [3.05, 3.63) is 89.2 Å². The van der Waals surface area contributed by atoms with Crippen LogP contribution in [-0.4, -0.2) is 42.0 Å². The standard InChI is InChI=1S/C26H24N4O3/c31-25(27-22-7-9-23(10-8-22)29-13-15-33-16-14-29)18-30-26(32)12-11-24(28-30)21-6-5-19-3-1-2-4-20(19)17-21/h1-12,17H,13-16,18H2,(H,27,31). The number of aromatic nitrogens is 2. The van der Waals surface area contributed by atoms with Crippen LogP contribution in [-0.2, 0) is 16.1 Å². The fourth-order valence-electron chi connectivity index (χ4n) is 3.98. The number of hydrogen-bond donors (Lipinski definition) is 1. The minimum atomic E-state index is -0.322. The molecule has 0 aliphatic carbocycles. The van der Waals surface area contributed by atoms with Crippen LogP contribution in [0, 0.1) is 0 Å². The number of nitrogens with one attached hydrogen (secondary N) is 1. The lowest BCUT2D eigenvalue weighted by atomic mass is 10.1. The van der Waals surface area contributed by atoms with Gasteiger partial charge in [0.05, 0.1) is 18.9 Å². The van der Waals surface area contributed by atoms with Gasteiger partial charge in [-0.3, -0.25) is 9.59 Å². The second kappa shape index (κ2) is 9.26. The van der Waals surface area contributed by atoms with Crippen LogP contribution >= 0.6 is 0 Å². The Morgan fingerprint density at radius 3 is 2.45 bits per heavy atom. The van der Waals surface area contributed by atoms with Crippen molar-refractivity contribution in [2.24, 2.45) is 0 Å². The topological polar surface area (TPSA) is 76.5 Å². The lowest BCUT2D eigenvalue weighted by Gasteiger charge is -2.28. The van der Waals surface area contributed by atoms with E-state index in [0.29, 0.717) is 11.4 Å². The third-order valence-electron chi connectivity index (χ3n) is 5.73. The Morgan fingerprint density at radius 2 is 1.67 bits per heavy atom. The monoisotopic (exact) mass is 440 g/mol. The second-order valence-corrected chi connectivity index (χ2v) is 7.97. The summed E-state index contributed by atoms with van der Waals surface area (Å²) in [5, 5.41) is 9.50. The number of anilines is 2. The minimum absolute atomic E-state index is 0.161. The molecule has 1 fully saturated rings. The molecule has 0 unspecified atom stereocenters. The third kappa shape index (κ3) is 4.78. The molecule has 1 aliphatic heterocycles. The maximum absolute atomic E-state index is 12.6. The predicted molar refractivity (Wildman–Crippen MR) is 130 cm³/mol. The van der Waals surface area contributed by atoms with Gasteiger partial charge in [-0.2, -0.15) is 5.10 Å². The van der Waals surface area contributed by atoms with Gasteiger partial charge in [0.25, 0.3) is 5.56 Å². The Labute approximate surface area is 191 Å². The highest BCUT2D eigenvalue weighted by Crippen LogP contribution is 2.22. The van der Waals surface area contributed by atoms with E-state index in [1.807, 2.05) is 66.7 Å². The van der Waals surface area contributed by atoms with E-state index >= 15 is 0 Å². The van der Waals surface area contributed by atoms with Gasteiger partial charge in [-0.15, -0.1) is 0 Å². The summed E-state index contributed by atoms with van der Waals surface area (Å²) in [6.45, 7) is 2.99. The fourth-order valence-corrected chi connectivity index (χ4v) is 3.98. The Morgan fingerprint density at radius 1 is 0.909 bits per heavy atom. The second-order valence-electron chi connectivity index (χ2n) is 7.97. The molecule has 0 bridgehead atoms. The highest BCUT2D eigenvalue weighted by Gasteiger charge is 2.12. The maximum atomic E-state index is 12.6. The summed E-state index contributed by atoms with van der Waals surface area (Å²) in [5.74, 6) is -0.306. The Kier molecular flexibility index (Phi) is 5.87. The van der Waals surface area contributed by atoms with E-state index < -0.39 is 0 Å². The molecule has 1 amide bonds. The van der Waals surface area contributed by atoms with Gasteiger partial charge < -0.3 is 15.0 Å². The lowest BCUT2D eigenvalue weighted by Crippen LogP contribution is -2.36. The van der Waals surface area contributed by atoms with Crippen molar-refractivity contribution < 1.29 is 9.53 Å². The van der Waals surface area contributed by atoms with Crippen LogP contribution in [0.5, 0.6) is 0 Å². The molecule has 33 heavy (non-hydrogen) atoms. The van der Waals surface area contributed by atoms with E-state index in [1.54, 1.807) is 6.07 Å². The molecule has 0 spiro atoms. The number of nitrogens with zero attached hydrogens (tertiary/aromatic N) is 3. The van der Waals surface area contributed by atoms with Crippen LogP contribution in [0.3, 0.4) is 0 Å². The van der Waals surface area contributed by atoms with Gasteiger partial charge in [0.1, 0.15) is 6.54 Å². The average molecular weight is 441 g/mol. The van der Waals surface area contributed by atoms with Gasteiger partial charge >= 0.3 is 0 Å². The summed E-state index contributed by atoms with van der Waals surface area (Å²) in [7, 11) is 0. The predicted octanol–water partition coefficient (Wildman–Crippen LogP) is 3.54. The summed E-state index contributed by atoms with van der Waals surface area (Å²) >= 11 is 0. The van der Waals surface area contributed by atoms with E-state index in [-0.39, 0.29) is 18.0 Å². The normalized spacial score (nSPS) is 13.8. The van der Waals surface area contributed by atoms with Crippen LogP contribution in [0.15, 0.2) is 83.7 Å². The Hall–Kier alpha value is -3.97. The lowest BCUT2D eigenvalue weighted by molar-refractivity contribution is -0.117. The first-order valence-electron chi connectivity index (χ1n) is 11.0. The van der Waals surface area contributed by atoms with E-state index in [2.05, 4.69) is 15.3 Å². The molecule has 0 atom stereocenters. The number of amides is 1. The Bertz CT molecular complexity index is 1340. The molecular formula is C26H24N4O3. The first kappa shape index (κ1) is 20.9. The zero-order chi connectivity index (χ0) is 22.6. The molecule has 7 nitrogen and oxygen atoms in total. The van der Waals surface area contributed by atoms with E-state index in [0.717, 1.165) is 48.3 Å². The van der Waals surface area contributed by atoms with Gasteiger partial charge in [0, 0.05) is 36.1 Å². The van der Waals surface area contributed by atoms with Crippen LogP contribution in [0.25, 0.3) is 22.0 Å². The summed E-state index contributed by atoms with van der Waals surface area (Å²) in [4.78, 5) is 27.2. The van der Waals surface area contributed by atoms with Crippen molar-refractivity contribution in [2.75, 3.05) is 36.5 Å². The number of carbonyl (C=O) groups is 1. The fraction of sp³-hybridized carbons (Fsp3) is 0.192. The average Bonchev–Trinajstić information content (AvgIpc) is 2.86. The van der Waals surface area contributed by atoms with Crippen molar-refractivity contribution >= 4 is 28.1 Å². The van der Waals surface area contributed by atoms with Crippen molar-refractivity contribution in [1.29, 1.82) is 0 Å². The summed E-state index contributed by atoms with van der Waals surface area (Å²) < 4.78 is 6.58. The molecule has 2 heterocycles. The zero-order valence-electron chi connectivity index (χ0n) is 18.1. The van der Waals surface area contributed by atoms with Crippen molar-refractivity contribution in [3.63, 3.8) is 0 Å². The number of morpholine rings is 1. The van der Waals surface area contributed by atoms with Gasteiger partial charge in [-0.25, -0.2) is 4.68 Å². The molecule has 1 N–H and O–H groups in total. The van der Waals surface area contributed by atoms with Gasteiger partial charge in [0.2, 0.25) is 5.91 Å². The highest BCUT2D eigenvalue weighted by atomic mass is 16.5. The zero-order valence-corrected chi connectivity index (χ0v) is 18.1. The molecular weight excluding hydrogens is 416 g/mol.